The van der Waals surface area contributed by atoms with E-state index in [2.05, 4.69) is 47.1 Å². The normalized spacial score (nSPS) is 10.7. The summed E-state index contributed by atoms with van der Waals surface area (Å²) in [5.41, 5.74) is 11.9. The summed E-state index contributed by atoms with van der Waals surface area (Å²) in [6.45, 7) is -0.0921. The molecule has 1 amide bonds. The van der Waals surface area contributed by atoms with Crippen LogP contribution >= 0.6 is 43.5 Å². The Morgan fingerprint density at radius 3 is 2.68 bits per heavy atom. The van der Waals surface area contributed by atoms with Gasteiger partial charge in [-0.1, -0.05) is 17.7 Å². The van der Waals surface area contributed by atoms with Gasteiger partial charge < -0.3 is 26.5 Å². The van der Waals surface area contributed by atoms with Crippen LogP contribution in [0.2, 0.25) is 5.02 Å². The molecule has 3 aromatic rings. The van der Waals surface area contributed by atoms with E-state index in [0.717, 1.165) is 0 Å². The molecule has 0 spiro atoms. The van der Waals surface area contributed by atoms with E-state index in [1.807, 2.05) is 0 Å². The largest absolute Gasteiger partial charge is 0.453 e. The van der Waals surface area contributed by atoms with Gasteiger partial charge in [-0.05, 0) is 50.1 Å². The lowest BCUT2D eigenvalue weighted by molar-refractivity contribution is 0.0945. The first-order chi connectivity index (χ1) is 13.2. The summed E-state index contributed by atoms with van der Waals surface area (Å²) in [4.78, 5) is 18.7. The lowest BCUT2D eigenvalue weighted by Gasteiger charge is -2.13. The summed E-state index contributed by atoms with van der Waals surface area (Å²) in [7, 11) is 0. The Bertz CT molecular complexity index is 1040. The summed E-state index contributed by atoms with van der Waals surface area (Å²) in [5, 5.41) is 2.94. The third kappa shape index (κ3) is 4.57. The van der Waals surface area contributed by atoms with Crippen LogP contribution in [-0.2, 0) is 6.54 Å². The first-order valence-corrected chi connectivity index (χ1v) is 9.71. The molecular formula is C17H13Br2ClFN5O2. The van der Waals surface area contributed by atoms with Gasteiger partial charge in [0.2, 0.25) is 0 Å². The van der Waals surface area contributed by atoms with E-state index in [1.165, 1.54) is 18.2 Å². The number of nitrogens with two attached hydrogens (primary N) is 2. The quantitative estimate of drug-likeness (QED) is 0.357. The van der Waals surface area contributed by atoms with Crippen LogP contribution in [0, 0.1) is 5.82 Å². The maximum atomic E-state index is 14.9. The van der Waals surface area contributed by atoms with E-state index in [9.17, 15) is 9.18 Å². The number of rotatable bonds is 5. The molecule has 11 heteroatoms. The predicted molar refractivity (Wildman–Crippen MR) is 112 cm³/mol. The molecule has 3 rings (SSSR count). The minimum atomic E-state index is -0.645. The molecule has 0 unspecified atom stereocenters. The molecule has 0 radical (unpaired) electrons. The molecule has 146 valence electrons. The van der Waals surface area contributed by atoms with E-state index in [1.54, 1.807) is 12.1 Å². The second kappa shape index (κ2) is 8.38. The lowest BCUT2D eigenvalue weighted by Crippen LogP contribution is -2.24. The highest BCUT2D eigenvalue weighted by Crippen LogP contribution is 2.35. The number of carbonyl (C=O) groups excluding carboxylic acids is 1. The van der Waals surface area contributed by atoms with Crippen molar-refractivity contribution in [3.8, 4) is 11.5 Å². The molecule has 0 aliphatic carbocycles. The minimum absolute atomic E-state index is 0.0568. The number of carbonyl (C=O) groups is 1. The highest BCUT2D eigenvalue weighted by molar-refractivity contribution is 9.10. The van der Waals surface area contributed by atoms with E-state index < -0.39 is 11.7 Å². The number of benzene rings is 2. The minimum Gasteiger partial charge on any atom is -0.453 e. The van der Waals surface area contributed by atoms with Gasteiger partial charge in [-0.15, -0.1) is 0 Å². The number of hydrogen-bond acceptors (Lipinski definition) is 5. The third-order valence-corrected chi connectivity index (χ3v) is 4.99. The highest BCUT2D eigenvalue weighted by Gasteiger charge is 2.18. The zero-order valence-electron chi connectivity index (χ0n) is 14.0. The molecule has 1 heterocycles. The Balaban J connectivity index is 1.80. The average Bonchev–Trinajstić information content (AvgIpc) is 2.95. The number of nitrogen functional groups attached to an aromatic ring is 2. The number of aromatic nitrogens is 2. The van der Waals surface area contributed by atoms with Crippen LogP contribution in [0.5, 0.6) is 11.5 Å². The lowest BCUT2D eigenvalue weighted by atomic mass is 10.2. The van der Waals surface area contributed by atoms with Gasteiger partial charge in [0, 0.05) is 28.9 Å². The Labute approximate surface area is 180 Å². The van der Waals surface area contributed by atoms with Crippen molar-refractivity contribution in [2.45, 2.75) is 6.54 Å². The Morgan fingerprint density at radius 1 is 1.29 bits per heavy atom. The number of ether oxygens (including phenoxy) is 1. The van der Waals surface area contributed by atoms with Gasteiger partial charge in [-0.25, -0.2) is 9.37 Å². The number of halogens is 4. The van der Waals surface area contributed by atoms with Crippen LogP contribution in [0.3, 0.4) is 0 Å². The first-order valence-electron chi connectivity index (χ1n) is 7.74. The summed E-state index contributed by atoms with van der Waals surface area (Å²) in [6, 6.07) is 7.71. The molecule has 0 aliphatic rings. The summed E-state index contributed by atoms with van der Waals surface area (Å²) < 4.78 is 21.3. The van der Waals surface area contributed by atoms with E-state index in [4.69, 9.17) is 27.8 Å². The smallest absolute Gasteiger partial charge is 0.273 e. The monoisotopic (exact) mass is 531 g/mol. The maximum Gasteiger partial charge on any atom is 0.273 e. The van der Waals surface area contributed by atoms with Gasteiger partial charge in [0.15, 0.2) is 23.2 Å². The van der Waals surface area contributed by atoms with Crippen molar-refractivity contribution in [3.05, 3.63) is 61.5 Å². The van der Waals surface area contributed by atoms with Crippen molar-refractivity contribution in [3.63, 3.8) is 0 Å². The molecule has 0 atom stereocenters. The number of H-pyrrole nitrogens is 1. The van der Waals surface area contributed by atoms with Crippen molar-refractivity contribution in [2.75, 3.05) is 11.5 Å². The van der Waals surface area contributed by atoms with Gasteiger partial charge in [0.25, 0.3) is 5.91 Å². The number of aromatic amines is 1. The van der Waals surface area contributed by atoms with E-state index in [-0.39, 0.29) is 35.2 Å². The zero-order valence-corrected chi connectivity index (χ0v) is 18.0. The SMILES string of the molecule is Nc1cc(Cl)cc(Oc2c(Br)ccc(CNC(=O)c3nc(N)[nH]c3Br)c2F)c1. The van der Waals surface area contributed by atoms with Crippen molar-refractivity contribution in [2.24, 2.45) is 0 Å². The number of imidazole rings is 1. The molecular weight excluding hydrogens is 520 g/mol. The third-order valence-electron chi connectivity index (χ3n) is 3.58. The van der Waals surface area contributed by atoms with Crippen molar-refractivity contribution >= 4 is 61.0 Å². The van der Waals surface area contributed by atoms with Crippen LogP contribution in [0.1, 0.15) is 16.1 Å². The summed E-state index contributed by atoms with van der Waals surface area (Å²) in [6.07, 6.45) is 0. The number of nitrogens with one attached hydrogen (secondary N) is 2. The number of amides is 1. The van der Waals surface area contributed by atoms with Crippen molar-refractivity contribution in [1.29, 1.82) is 0 Å². The average molecular weight is 534 g/mol. The van der Waals surface area contributed by atoms with Gasteiger partial charge in [-0.3, -0.25) is 4.79 Å². The fraction of sp³-hybridized carbons (Fsp3) is 0.0588. The molecule has 2 aromatic carbocycles. The van der Waals surface area contributed by atoms with Crippen LogP contribution in [0.4, 0.5) is 16.0 Å². The Morgan fingerprint density at radius 2 is 2.04 bits per heavy atom. The summed E-state index contributed by atoms with van der Waals surface area (Å²) in [5.74, 6) is -0.857. The molecule has 1 aromatic heterocycles. The number of hydrogen-bond donors (Lipinski definition) is 4. The zero-order chi connectivity index (χ0) is 20.4. The van der Waals surface area contributed by atoms with Crippen molar-refractivity contribution < 1.29 is 13.9 Å². The fourth-order valence-electron chi connectivity index (χ4n) is 2.34. The number of anilines is 2. The fourth-order valence-corrected chi connectivity index (χ4v) is 3.44. The van der Waals surface area contributed by atoms with Crippen LogP contribution in [0.25, 0.3) is 0 Å². The molecule has 7 nitrogen and oxygen atoms in total. The predicted octanol–water partition coefficient (Wildman–Crippen LogP) is 4.61. The second-order valence-corrected chi connectivity index (χ2v) is 7.72. The highest BCUT2D eigenvalue weighted by atomic mass is 79.9. The van der Waals surface area contributed by atoms with E-state index >= 15 is 0 Å². The van der Waals surface area contributed by atoms with Crippen LogP contribution in [-0.4, -0.2) is 15.9 Å². The van der Waals surface area contributed by atoms with Gasteiger partial charge in [0.05, 0.1) is 4.47 Å². The topological polar surface area (TPSA) is 119 Å². The molecule has 0 saturated heterocycles. The summed E-state index contributed by atoms with van der Waals surface area (Å²) >= 11 is 12.4. The Hall–Kier alpha value is -2.30. The molecule has 28 heavy (non-hydrogen) atoms. The van der Waals surface area contributed by atoms with Gasteiger partial charge in [0.1, 0.15) is 10.4 Å². The standard InChI is InChI=1S/C17H13Br2ClFN5O2/c18-11-2-1-7(6-24-16(27)13-15(19)26-17(23)25-13)12(21)14(11)28-10-4-8(20)3-9(22)5-10/h1-5H,6,22H2,(H,24,27)(H3,23,25,26). The van der Waals surface area contributed by atoms with Crippen LogP contribution < -0.4 is 21.5 Å². The first kappa shape index (κ1) is 20.4. The van der Waals surface area contributed by atoms with Gasteiger partial charge >= 0.3 is 0 Å². The molecule has 0 bridgehead atoms. The maximum absolute atomic E-state index is 14.9. The van der Waals surface area contributed by atoms with Crippen molar-refractivity contribution in [1.82, 2.24) is 15.3 Å². The van der Waals surface area contributed by atoms with Gasteiger partial charge in [-0.2, -0.15) is 0 Å². The molecule has 0 fully saturated rings. The molecule has 0 aliphatic heterocycles. The molecule has 6 N–H and O–H groups in total. The molecule has 0 saturated carbocycles. The Kier molecular flexibility index (Phi) is 6.11. The number of nitrogens with zero attached hydrogens (tertiary/aromatic N) is 1. The second-order valence-electron chi connectivity index (χ2n) is 5.64. The van der Waals surface area contributed by atoms with E-state index in [0.29, 0.717) is 19.8 Å². The van der Waals surface area contributed by atoms with Crippen LogP contribution in [0.15, 0.2) is 39.4 Å².